The van der Waals surface area contributed by atoms with Crippen molar-refractivity contribution in [3.63, 3.8) is 0 Å². The summed E-state index contributed by atoms with van der Waals surface area (Å²) >= 11 is 5.88. The lowest BCUT2D eigenvalue weighted by Gasteiger charge is -2.15. The van der Waals surface area contributed by atoms with Gasteiger partial charge >= 0.3 is 0 Å². The molecule has 0 aliphatic carbocycles. The molecule has 0 spiro atoms. The zero-order chi connectivity index (χ0) is 10.7. The van der Waals surface area contributed by atoms with Crippen molar-refractivity contribution in [2.45, 2.75) is 39.7 Å². The lowest BCUT2D eigenvalue weighted by molar-refractivity contribution is 0.229. The van der Waals surface area contributed by atoms with Gasteiger partial charge in [-0.05, 0) is 25.8 Å². The van der Waals surface area contributed by atoms with E-state index in [9.17, 15) is 0 Å². The molecule has 0 aromatic carbocycles. The maximum atomic E-state index is 5.88. The molecule has 2 nitrogen and oxygen atoms in total. The van der Waals surface area contributed by atoms with E-state index in [1.54, 1.807) is 6.20 Å². The second-order valence-electron chi connectivity index (χ2n) is 3.87. The summed E-state index contributed by atoms with van der Waals surface area (Å²) in [6, 6.07) is 1.91. The largest absolute Gasteiger partial charge is 0.475 e. The topological polar surface area (TPSA) is 22.1 Å². The Morgan fingerprint density at radius 2 is 1.93 bits per heavy atom. The van der Waals surface area contributed by atoms with Crippen LogP contribution in [-0.4, -0.2) is 11.1 Å². The molecule has 0 N–H and O–H groups in total. The normalized spacial score (nSPS) is 11.1. The third-order valence-corrected chi connectivity index (χ3v) is 2.02. The predicted octanol–water partition coefficient (Wildman–Crippen LogP) is 3.65. The van der Waals surface area contributed by atoms with Crippen molar-refractivity contribution >= 4 is 11.6 Å². The van der Waals surface area contributed by atoms with E-state index in [1.165, 1.54) is 0 Å². The summed E-state index contributed by atoms with van der Waals surface area (Å²) in [5.41, 5.74) is 1.06. The number of ether oxygens (including phenoxy) is 1. The summed E-state index contributed by atoms with van der Waals surface area (Å²) < 4.78 is 5.59. The lowest BCUT2D eigenvalue weighted by atomic mass is 10.1. The van der Waals surface area contributed by atoms with E-state index in [4.69, 9.17) is 16.3 Å². The van der Waals surface area contributed by atoms with Gasteiger partial charge in [0.1, 0.15) is 0 Å². The van der Waals surface area contributed by atoms with Gasteiger partial charge in [-0.2, -0.15) is 0 Å². The molecule has 0 bridgehead atoms. The van der Waals surface area contributed by atoms with Gasteiger partial charge in [0.25, 0.3) is 0 Å². The van der Waals surface area contributed by atoms with Gasteiger partial charge in [-0.25, -0.2) is 4.98 Å². The maximum absolute atomic E-state index is 5.88. The van der Waals surface area contributed by atoms with E-state index >= 15 is 0 Å². The first-order valence-electron chi connectivity index (χ1n) is 4.82. The molecule has 0 atom stereocenters. The van der Waals surface area contributed by atoms with Crippen molar-refractivity contribution in [1.29, 1.82) is 0 Å². The molecular weight excluding hydrogens is 198 g/mol. The van der Waals surface area contributed by atoms with Crippen LogP contribution in [0, 0.1) is 0 Å². The van der Waals surface area contributed by atoms with E-state index in [-0.39, 0.29) is 6.10 Å². The molecule has 78 valence electrons. The van der Waals surface area contributed by atoms with Crippen molar-refractivity contribution in [2.75, 3.05) is 0 Å². The molecule has 14 heavy (non-hydrogen) atoms. The molecule has 0 amide bonds. The van der Waals surface area contributed by atoms with Crippen LogP contribution in [0.5, 0.6) is 5.88 Å². The minimum absolute atomic E-state index is 0.140. The molecule has 0 aliphatic heterocycles. The van der Waals surface area contributed by atoms with Crippen LogP contribution in [0.15, 0.2) is 12.3 Å². The van der Waals surface area contributed by atoms with Gasteiger partial charge in [0, 0.05) is 11.8 Å². The Kier molecular flexibility index (Phi) is 3.76. The summed E-state index contributed by atoms with van der Waals surface area (Å²) in [5.74, 6) is 1.06. The molecule has 0 fully saturated rings. The van der Waals surface area contributed by atoms with Crippen molar-refractivity contribution in [3.8, 4) is 5.88 Å². The molecule has 0 saturated heterocycles. The van der Waals surface area contributed by atoms with Crippen LogP contribution in [-0.2, 0) is 0 Å². The Morgan fingerprint density at radius 3 is 2.43 bits per heavy atom. The van der Waals surface area contributed by atoms with Crippen molar-refractivity contribution in [3.05, 3.63) is 22.8 Å². The van der Waals surface area contributed by atoms with Crippen LogP contribution < -0.4 is 4.74 Å². The standard InChI is InChI=1S/C11H16ClNO/c1-7(2)10-5-9(12)6-13-11(10)14-8(3)4/h5-8H,1-4H3. The summed E-state index contributed by atoms with van der Waals surface area (Å²) in [6.07, 6.45) is 1.76. The molecule has 1 aromatic heterocycles. The second kappa shape index (κ2) is 4.65. The lowest BCUT2D eigenvalue weighted by Crippen LogP contribution is -2.09. The zero-order valence-corrected chi connectivity index (χ0v) is 9.80. The Balaban J connectivity index is 3.02. The number of pyridine rings is 1. The molecule has 1 heterocycles. The van der Waals surface area contributed by atoms with Gasteiger partial charge in [-0.1, -0.05) is 25.4 Å². The second-order valence-corrected chi connectivity index (χ2v) is 4.31. The first kappa shape index (κ1) is 11.3. The van der Waals surface area contributed by atoms with Crippen molar-refractivity contribution in [2.24, 2.45) is 0 Å². The molecular formula is C11H16ClNO. The van der Waals surface area contributed by atoms with E-state index in [0.29, 0.717) is 16.8 Å². The fourth-order valence-corrected chi connectivity index (χ4v) is 1.34. The van der Waals surface area contributed by atoms with Crippen LogP contribution in [0.4, 0.5) is 0 Å². The highest BCUT2D eigenvalue weighted by Crippen LogP contribution is 2.27. The first-order chi connectivity index (χ1) is 6.50. The third-order valence-electron chi connectivity index (χ3n) is 1.81. The molecule has 0 unspecified atom stereocenters. The maximum Gasteiger partial charge on any atom is 0.217 e. The molecule has 0 saturated carbocycles. The number of hydrogen-bond donors (Lipinski definition) is 0. The van der Waals surface area contributed by atoms with E-state index in [1.807, 2.05) is 19.9 Å². The highest BCUT2D eigenvalue weighted by Gasteiger charge is 2.11. The zero-order valence-electron chi connectivity index (χ0n) is 9.04. The highest BCUT2D eigenvalue weighted by molar-refractivity contribution is 6.30. The van der Waals surface area contributed by atoms with E-state index in [0.717, 1.165) is 5.56 Å². The number of hydrogen-bond acceptors (Lipinski definition) is 2. The van der Waals surface area contributed by atoms with Gasteiger partial charge in [-0.3, -0.25) is 0 Å². The Morgan fingerprint density at radius 1 is 1.29 bits per heavy atom. The fraction of sp³-hybridized carbons (Fsp3) is 0.545. The van der Waals surface area contributed by atoms with Gasteiger partial charge in [0.05, 0.1) is 11.1 Å². The Hall–Kier alpha value is -0.760. The van der Waals surface area contributed by atoms with E-state index in [2.05, 4.69) is 18.8 Å². The molecule has 0 aliphatic rings. The van der Waals surface area contributed by atoms with Gasteiger partial charge in [-0.15, -0.1) is 0 Å². The number of nitrogens with zero attached hydrogens (tertiary/aromatic N) is 1. The molecule has 1 rings (SSSR count). The summed E-state index contributed by atoms with van der Waals surface area (Å²) in [4.78, 5) is 4.19. The molecule has 3 heteroatoms. The number of halogens is 1. The number of rotatable bonds is 3. The highest BCUT2D eigenvalue weighted by atomic mass is 35.5. The van der Waals surface area contributed by atoms with Gasteiger partial charge in [0.2, 0.25) is 5.88 Å². The molecule has 1 aromatic rings. The summed E-state index contributed by atoms with van der Waals surface area (Å²) in [5, 5.41) is 0.657. The Labute approximate surface area is 90.3 Å². The van der Waals surface area contributed by atoms with Crippen LogP contribution in [0.2, 0.25) is 5.02 Å². The quantitative estimate of drug-likeness (QED) is 0.765. The van der Waals surface area contributed by atoms with Gasteiger partial charge < -0.3 is 4.74 Å². The average molecular weight is 214 g/mol. The van der Waals surface area contributed by atoms with Crippen LogP contribution in [0.25, 0.3) is 0 Å². The monoisotopic (exact) mass is 213 g/mol. The average Bonchev–Trinajstić information content (AvgIpc) is 2.07. The summed E-state index contributed by atoms with van der Waals surface area (Å²) in [6.45, 7) is 8.17. The van der Waals surface area contributed by atoms with Crippen LogP contribution in [0.3, 0.4) is 0 Å². The van der Waals surface area contributed by atoms with E-state index < -0.39 is 0 Å². The molecule has 0 radical (unpaired) electrons. The summed E-state index contributed by atoms with van der Waals surface area (Å²) in [7, 11) is 0. The minimum Gasteiger partial charge on any atom is -0.475 e. The minimum atomic E-state index is 0.140. The number of aromatic nitrogens is 1. The first-order valence-corrected chi connectivity index (χ1v) is 5.20. The van der Waals surface area contributed by atoms with Crippen LogP contribution >= 0.6 is 11.6 Å². The predicted molar refractivity (Wildman–Crippen MR) is 59.1 cm³/mol. The van der Waals surface area contributed by atoms with Gasteiger partial charge in [0.15, 0.2) is 0 Å². The SMILES string of the molecule is CC(C)Oc1ncc(Cl)cc1C(C)C. The van der Waals surface area contributed by atoms with Crippen molar-refractivity contribution in [1.82, 2.24) is 4.98 Å². The van der Waals surface area contributed by atoms with Crippen LogP contribution in [0.1, 0.15) is 39.2 Å². The smallest absolute Gasteiger partial charge is 0.217 e. The fourth-order valence-electron chi connectivity index (χ4n) is 1.18. The Bertz CT molecular complexity index is 310. The van der Waals surface area contributed by atoms with Crippen molar-refractivity contribution < 1.29 is 4.74 Å². The third kappa shape index (κ3) is 2.88.